The smallest absolute Gasteiger partial charge is 0.254 e. The van der Waals surface area contributed by atoms with Crippen LogP contribution in [0.1, 0.15) is 33.1 Å². The topological polar surface area (TPSA) is 49.7 Å². The molecule has 0 aromatic heterocycles. The molecular weight excluding hydrogens is 351 g/mol. The van der Waals surface area contributed by atoms with Crippen LogP contribution in [0.25, 0.3) is 0 Å². The molecule has 102 valence electrons. The van der Waals surface area contributed by atoms with E-state index in [-0.39, 0.29) is 11.2 Å². The van der Waals surface area contributed by atoms with Crippen LogP contribution in [0.2, 0.25) is 0 Å². The van der Waals surface area contributed by atoms with E-state index in [0.717, 1.165) is 17.3 Å². The summed E-state index contributed by atoms with van der Waals surface area (Å²) < 4.78 is 27.8. The van der Waals surface area contributed by atoms with E-state index in [2.05, 4.69) is 40.8 Å². The molecule has 0 bridgehead atoms. The van der Waals surface area contributed by atoms with Gasteiger partial charge in [-0.3, -0.25) is 0 Å². The van der Waals surface area contributed by atoms with Gasteiger partial charge in [0.05, 0.1) is 5.75 Å². The second-order valence-electron chi connectivity index (χ2n) is 5.18. The van der Waals surface area contributed by atoms with Gasteiger partial charge in [0.1, 0.15) is 6.34 Å². The minimum Gasteiger partial charge on any atom is -0.368 e. The Bertz CT molecular complexity index is 337. The fourth-order valence-electron chi connectivity index (χ4n) is 1.33. The molecule has 0 heterocycles. The molecule has 0 aromatic rings. The van der Waals surface area contributed by atoms with E-state index in [1.807, 2.05) is 0 Å². The molecule has 0 aliphatic rings. The molecular formula is C11H23IN2O2S. The summed E-state index contributed by atoms with van der Waals surface area (Å²) in [7, 11) is 0.217. The van der Waals surface area contributed by atoms with Gasteiger partial charge in [-0.2, -0.15) is 4.40 Å². The largest absolute Gasteiger partial charge is 0.368 e. The van der Waals surface area contributed by atoms with Crippen LogP contribution < -0.4 is 0 Å². The van der Waals surface area contributed by atoms with Crippen molar-refractivity contribution in [3.63, 3.8) is 0 Å². The van der Waals surface area contributed by atoms with Crippen molar-refractivity contribution >= 4 is 39.0 Å². The fraction of sp³-hybridized carbons (Fsp3) is 0.909. The van der Waals surface area contributed by atoms with Crippen LogP contribution in [0.5, 0.6) is 0 Å². The van der Waals surface area contributed by atoms with Gasteiger partial charge in [-0.15, -0.1) is 0 Å². The first-order chi connectivity index (χ1) is 7.68. The second kappa shape index (κ2) is 7.56. The van der Waals surface area contributed by atoms with Crippen LogP contribution in [0.4, 0.5) is 0 Å². The van der Waals surface area contributed by atoms with Gasteiger partial charge in [0.25, 0.3) is 10.0 Å². The minimum absolute atomic E-state index is 0.141. The second-order valence-corrected chi connectivity index (χ2v) is 8.04. The van der Waals surface area contributed by atoms with Crippen LogP contribution in [-0.4, -0.2) is 43.9 Å². The number of sulfonamides is 1. The summed E-state index contributed by atoms with van der Waals surface area (Å²) in [6.45, 7) is 4.36. The molecule has 6 heteroatoms. The fourth-order valence-corrected chi connectivity index (χ4v) is 3.74. The van der Waals surface area contributed by atoms with Crippen molar-refractivity contribution in [1.29, 1.82) is 0 Å². The highest BCUT2D eigenvalue weighted by Gasteiger charge is 2.18. The van der Waals surface area contributed by atoms with E-state index >= 15 is 0 Å². The van der Waals surface area contributed by atoms with Gasteiger partial charge in [-0.1, -0.05) is 36.4 Å². The summed E-state index contributed by atoms with van der Waals surface area (Å²) in [6.07, 6.45) is 4.06. The van der Waals surface area contributed by atoms with Crippen molar-refractivity contribution in [2.24, 2.45) is 9.81 Å². The van der Waals surface area contributed by atoms with Gasteiger partial charge in [0.15, 0.2) is 0 Å². The molecule has 0 unspecified atom stereocenters. The Labute approximate surface area is 119 Å². The van der Waals surface area contributed by atoms with Crippen LogP contribution in [-0.2, 0) is 10.0 Å². The average molecular weight is 374 g/mol. The lowest BCUT2D eigenvalue weighted by Crippen LogP contribution is -2.15. The van der Waals surface area contributed by atoms with E-state index < -0.39 is 10.0 Å². The Morgan fingerprint density at radius 2 is 1.88 bits per heavy atom. The third-order valence-electron chi connectivity index (χ3n) is 2.47. The molecule has 0 amide bonds. The van der Waals surface area contributed by atoms with E-state index in [1.165, 1.54) is 6.34 Å². The molecule has 0 fully saturated rings. The number of halogens is 1. The van der Waals surface area contributed by atoms with Crippen molar-refractivity contribution in [1.82, 2.24) is 4.90 Å². The van der Waals surface area contributed by atoms with Crippen LogP contribution in [0, 0.1) is 5.41 Å². The lowest BCUT2D eigenvalue weighted by Gasteiger charge is -2.22. The zero-order chi connectivity index (χ0) is 13.5. The summed E-state index contributed by atoms with van der Waals surface area (Å²) in [6, 6.07) is 0. The summed E-state index contributed by atoms with van der Waals surface area (Å²) in [5.74, 6) is 0.141. The molecule has 4 nitrogen and oxygen atoms in total. The van der Waals surface area contributed by atoms with E-state index in [1.54, 1.807) is 19.0 Å². The zero-order valence-electron chi connectivity index (χ0n) is 11.1. The Morgan fingerprint density at radius 1 is 1.29 bits per heavy atom. The average Bonchev–Trinajstić information content (AvgIpc) is 2.14. The number of rotatable bonds is 8. The van der Waals surface area contributed by atoms with Crippen molar-refractivity contribution < 1.29 is 8.42 Å². The molecule has 0 saturated heterocycles. The molecule has 0 radical (unpaired) electrons. The first-order valence-electron chi connectivity index (χ1n) is 5.69. The quantitative estimate of drug-likeness (QED) is 0.284. The zero-order valence-corrected chi connectivity index (χ0v) is 14.1. The van der Waals surface area contributed by atoms with Crippen molar-refractivity contribution in [2.45, 2.75) is 33.1 Å². The minimum atomic E-state index is -3.29. The number of hydrogen-bond acceptors (Lipinski definition) is 2. The summed E-state index contributed by atoms with van der Waals surface area (Å²) in [5.41, 5.74) is 0.224. The first-order valence-corrected chi connectivity index (χ1v) is 8.82. The van der Waals surface area contributed by atoms with Gasteiger partial charge >= 0.3 is 0 Å². The predicted octanol–water partition coefficient (Wildman–Crippen LogP) is 2.54. The molecule has 0 spiro atoms. The van der Waals surface area contributed by atoms with E-state index in [0.29, 0.717) is 6.42 Å². The lowest BCUT2D eigenvalue weighted by molar-refractivity contribution is 0.324. The third-order valence-corrected chi connectivity index (χ3v) is 4.23. The monoisotopic (exact) mass is 374 g/mol. The SMILES string of the molecule is CN(C)/C=N/S(=O)(=O)CCCC(C)(C)CCI. The molecule has 17 heavy (non-hydrogen) atoms. The van der Waals surface area contributed by atoms with Crippen LogP contribution in [0.3, 0.4) is 0 Å². The Hall–Kier alpha value is 0.150. The first kappa shape index (κ1) is 17.2. The molecule has 0 aliphatic heterocycles. The molecule has 0 rings (SSSR count). The van der Waals surface area contributed by atoms with Gasteiger partial charge in [-0.05, 0) is 24.7 Å². The van der Waals surface area contributed by atoms with Crippen molar-refractivity contribution in [2.75, 3.05) is 24.3 Å². The van der Waals surface area contributed by atoms with Gasteiger partial charge in [0.2, 0.25) is 0 Å². The predicted molar refractivity (Wildman–Crippen MR) is 82.5 cm³/mol. The summed E-state index contributed by atoms with van der Waals surface area (Å²) >= 11 is 2.35. The van der Waals surface area contributed by atoms with Crippen molar-refractivity contribution in [3.8, 4) is 0 Å². The third kappa shape index (κ3) is 9.82. The van der Waals surface area contributed by atoms with Crippen LogP contribution in [0.15, 0.2) is 4.40 Å². The van der Waals surface area contributed by atoms with Crippen LogP contribution >= 0.6 is 22.6 Å². The Balaban J connectivity index is 4.12. The molecule has 0 aliphatic carbocycles. The normalized spacial score (nSPS) is 13.2. The standard InChI is InChI=1S/C11H23IN2O2S/c1-11(2,7-8-12)6-5-9-17(15,16)13-10-14(3)4/h10H,5-9H2,1-4H3/b13-10+. The maximum Gasteiger partial charge on any atom is 0.254 e. The summed E-state index contributed by atoms with van der Waals surface area (Å²) in [4.78, 5) is 1.62. The van der Waals surface area contributed by atoms with Gasteiger partial charge in [0, 0.05) is 18.5 Å². The molecule has 0 N–H and O–H groups in total. The Kier molecular flexibility index (Phi) is 7.62. The van der Waals surface area contributed by atoms with Gasteiger partial charge in [-0.25, -0.2) is 8.42 Å². The van der Waals surface area contributed by atoms with E-state index in [4.69, 9.17) is 0 Å². The Morgan fingerprint density at radius 3 is 2.35 bits per heavy atom. The molecule has 0 saturated carbocycles. The number of alkyl halides is 1. The highest BCUT2D eigenvalue weighted by molar-refractivity contribution is 14.1. The highest BCUT2D eigenvalue weighted by Crippen LogP contribution is 2.27. The maximum atomic E-state index is 11.6. The molecule has 0 atom stereocenters. The maximum absolute atomic E-state index is 11.6. The number of hydrogen-bond donors (Lipinski definition) is 0. The van der Waals surface area contributed by atoms with Gasteiger partial charge < -0.3 is 4.90 Å². The molecule has 0 aromatic carbocycles. The highest BCUT2D eigenvalue weighted by atomic mass is 127. The van der Waals surface area contributed by atoms with E-state index in [9.17, 15) is 8.42 Å². The number of nitrogens with zero attached hydrogens (tertiary/aromatic N) is 2. The summed E-state index contributed by atoms with van der Waals surface area (Å²) in [5, 5.41) is 0. The lowest BCUT2D eigenvalue weighted by atomic mass is 9.85. The van der Waals surface area contributed by atoms with Crippen molar-refractivity contribution in [3.05, 3.63) is 0 Å².